The summed E-state index contributed by atoms with van der Waals surface area (Å²) in [7, 11) is 3.28. The van der Waals surface area contributed by atoms with Crippen LogP contribution in [0.25, 0.3) is 22.2 Å². The Morgan fingerprint density at radius 2 is 1.70 bits per heavy atom. The van der Waals surface area contributed by atoms with Gasteiger partial charge in [0.1, 0.15) is 0 Å². The fourth-order valence-corrected chi connectivity index (χ4v) is 2.64. The molecule has 3 aromatic rings. The molecule has 1 N–H and O–H groups in total. The van der Waals surface area contributed by atoms with Gasteiger partial charge in [0.15, 0.2) is 11.5 Å². The minimum atomic E-state index is 0.727. The fraction of sp³-hybridized carbons (Fsp3) is 0.125. The summed E-state index contributed by atoms with van der Waals surface area (Å²) in [6.45, 7) is 0. The summed E-state index contributed by atoms with van der Waals surface area (Å²) in [4.78, 5) is 3.41. The monoisotopic (exact) mass is 331 g/mol. The van der Waals surface area contributed by atoms with Gasteiger partial charge in [0, 0.05) is 26.6 Å². The first-order valence-electron chi connectivity index (χ1n) is 6.22. The van der Waals surface area contributed by atoms with E-state index in [4.69, 9.17) is 9.47 Å². The Balaban J connectivity index is 2.10. The lowest BCUT2D eigenvalue weighted by atomic mass is 10.1. The van der Waals surface area contributed by atoms with Gasteiger partial charge in [0.25, 0.3) is 0 Å². The number of hydrogen-bond acceptors (Lipinski definition) is 2. The van der Waals surface area contributed by atoms with Crippen LogP contribution in [0.1, 0.15) is 0 Å². The topological polar surface area (TPSA) is 34.2 Å². The van der Waals surface area contributed by atoms with Gasteiger partial charge in [-0.05, 0) is 42.5 Å². The molecule has 0 saturated heterocycles. The van der Waals surface area contributed by atoms with E-state index in [1.807, 2.05) is 24.3 Å². The summed E-state index contributed by atoms with van der Waals surface area (Å²) in [6.07, 6.45) is 0. The third kappa shape index (κ3) is 2.27. The molecule has 0 spiro atoms. The van der Waals surface area contributed by atoms with Gasteiger partial charge in [0.05, 0.1) is 14.2 Å². The molecule has 3 nitrogen and oxygen atoms in total. The highest BCUT2D eigenvalue weighted by Crippen LogP contribution is 2.33. The second-order valence-corrected chi connectivity index (χ2v) is 5.40. The second kappa shape index (κ2) is 5.21. The molecule has 102 valence electrons. The smallest absolute Gasteiger partial charge is 0.161 e. The molecule has 0 aliphatic heterocycles. The van der Waals surface area contributed by atoms with Crippen molar-refractivity contribution in [2.24, 2.45) is 0 Å². The Morgan fingerprint density at radius 3 is 2.45 bits per heavy atom. The van der Waals surface area contributed by atoms with E-state index in [0.29, 0.717) is 0 Å². The number of hydrogen-bond donors (Lipinski definition) is 1. The predicted molar refractivity (Wildman–Crippen MR) is 84.5 cm³/mol. The van der Waals surface area contributed by atoms with Crippen LogP contribution in [-0.2, 0) is 0 Å². The van der Waals surface area contributed by atoms with Crippen molar-refractivity contribution >= 4 is 26.8 Å². The molecule has 0 aliphatic rings. The number of H-pyrrole nitrogens is 1. The zero-order valence-corrected chi connectivity index (χ0v) is 12.8. The van der Waals surface area contributed by atoms with Gasteiger partial charge in [-0.15, -0.1) is 0 Å². The van der Waals surface area contributed by atoms with Gasteiger partial charge < -0.3 is 14.5 Å². The van der Waals surface area contributed by atoms with Crippen LogP contribution in [-0.4, -0.2) is 19.2 Å². The number of halogens is 1. The van der Waals surface area contributed by atoms with Crippen molar-refractivity contribution in [3.8, 4) is 22.8 Å². The highest BCUT2D eigenvalue weighted by atomic mass is 79.9. The van der Waals surface area contributed by atoms with E-state index < -0.39 is 0 Å². The Morgan fingerprint density at radius 1 is 0.900 bits per heavy atom. The molecule has 0 fully saturated rings. The summed E-state index contributed by atoms with van der Waals surface area (Å²) in [5.74, 6) is 1.46. The first-order valence-corrected chi connectivity index (χ1v) is 7.01. The molecule has 20 heavy (non-hydrogen) atoms. The van der Waals surface area contributed by atoms with Crippen LogP contribution in [0, 0.1) is 0 Å². The van der Waals surface area contributed by atoms with E-state index in [9.17, 15) is 0 Å². The molecule has 0 aliphatic carbocycles. The molecule has 0 saturated carbocycles. The lowest BCUT2D eigenvalue weighted by Gasteiger charge is -2.08. The lowest BCUT2D eigenvalue weighted by Crippen LogP contribution is -1.90. The van der Waals surface area contributed by atoms with E-state index in [1.165, 1.54) is 5.39 Å². The Hall–Kier alpha value is -1.94. The lowest BCUT2D eigenvalue weighted by molar-refractivity contribution is 0.355. The number of aromatic amines is 1. The van der Waals surface area contributed by atoms with Crippen molar-refractivity contribution in [3.63, 3.8) is 0 Å². The van der Waals surface area contributed by atoms with Crippen LogP contribution in [0.3, 0.4) is 0 Å². The highest BCUT2D eigenvalue weighted by molar-refractivity contribution is 9.10. The normalized spacial score (nSPS) is 10.8. The van der Waals surface area contributed by atoms with E-state index >= 15 is 0 Å². The van der Waals surface area contributed by atoms with E-state index in [-0.39, 0.29) is 0 Å². The molecule has 1 aromatic heterocycles. The van der Waals surface area contributed by atoms with Crippen LogP contribution < -0.4 is 9.47 Å². The number of ether oxygens (including phenoxy) is 2. The molecule has 0 amide bonds. The number of fused-ring (bicyclic) bond motifs is 1. The Labute approximate surface area is 125 Å². The molecular formula is C16H14BrNO2. The number of rotatable bonds is 3. The molecule has 0 unspecified atom stereocenters. The third-order valence-electron chi connectivity index (χ3n) is 3.28. The molecule has 3 rings (SSSR count). The minimum absolute atomic E-state index is 0.727. The molecule has 4 heteroatoms. The Kier molecular flexibility index (Phi) is 3.40. The van der Waals surface area contributed by atoms with Crippen LogP contribution in [0.15, 0.2) is 46.9 Å². The largest absolute Gasteiger partial charge is 0.493 e. The number of nitrogens with one attached hydrogen (secondary N) is 1. The van der Waals surface area contributed by atoms with E-state index in [0.717, 1.165) is 32.7 Å². The van der Waals surface area contributed by atoms with Crippen LogP contribution >= 0.6 is 15.9 Å². The maximum absolute atomic E-state index is 5.35. The summed E-state index contributed by atoms with van der Waals surface area (Å²) in [6, 6.07) is 14.2. The molecule has 0 radical (unpaired) electrons. The van der Waals surface area contributed by atoms with Crippen molar-refractivity contribution < 1.29 is 9.47 Å². The van der Waals surface area contributed by atoms with Crippen LogP contribution in [0.2, 0.25) is 0 Å². The molecule has 2 aromatic carbocycles. The minimum Gasteiger partial charge on any atom is -0.493 e. The van der Waals surface area contributed by atoms with Crippen molar-refractivity contribution in [1.29, 1.82) is 0 Å². The summed E-state index contributed by atoms with van der Waals surface area (Å²) in [5.41, 5.74) is 3.23. The first kappa shape index (κ1) is 13.1. The van der Waals surface area contributed by atoms with Crippen molar-refractivity contribution in [1.82, 2.24) is 4.98 Å². The second-order valence-electron chi connectivity index (χ2n) is 4.48. The van der Waals surface area contributed by atoms with Gasteiger partial charge in [-0.25, -0.2) is 0 Å². The highest BCUT2D eigenvalue weighted by Gasteiger charge is 2.08. The van der Waals surface area contributed by atoms with Gasteiger partial charge >= 0.3 is 0 Å². The average molecular weight is 332 g/mol. The van der Waals surface area contributed by atoms with E-state index in [2.05, 4.69) is 39.1 Å². The molecular weight excluding hydrogens is 318 g/mol. The molecule has 0 atom stereocenters. The average Bonchev–Trinajstić information content (AvgIpc) is 2.89. The third-order valence-corrected chi connectivity index (χ3v) is 3.77. The van der Waals surface area contributed by atoms with Crippen molar-refractivity contribution in [2.75, 3.05) is 14.2 Å². The zero-order chi connectivity index (χ0) is 14.1. The quantitative estimate of drug-likeness (QED) is 0.760. The maximum Gasteiger partial charge on any atom is 0.161 e. The molecule has 0 bridgehead atoms. The first-order chi connectivity index (χ1) is 9.71. The summed E-state index contributed by atoms with van der Waals surface area (Å²) in [5, 5.41) is 1.17. The van der Waals surface area contributed by atoms with E-state index in [1.54, 1.807) is 14.2 Å². The van der Waals surface area contributed by atoms with Crippen molar-refractivity contribution in [2.45, 2.75) is 0 Å². The standard InChI is InChI=1S/C16H14BrNO2/c1-19-15-6-3-10(9-16(15)20-2)14-8-11-7-12(17)4-5-13(11)18-14/h3-9,18H,1-2H3. The van der Waals surface area contributed by atoms with Gasteiger partial charge in [-0.3, -0.25) is 0 Å². The number of methoxy groups -OCH3 is 2. The SMILES string of the molecule is COc1ccc(-c2cc3cc(Br)ccc3[nH]2)cc1OC. The maximum atomic E-state index is 5.35. The summed E-state index contributed by atoms with van der Waals surface area (Å²) < 4.78 is 11.7. The van der Waals surface area contributed by atoms with Crippen molar-refractivity contribution in [3.05, 3.63) is 46.9 Å². The molecule has 1 heterocycles. The zero-order valence-electron chi connectivity index (χ0n) is 11.2. The number of aromatic nitrogens is 1. The summed E-state index contributed by atoms with van der Waals surface area (Å²) >= 11 is 3.49. The van der Waals surface area contributed by atoms with Crippen LogP contribution in [0.5, 0.6) is 11.5 Å². The van der Waals surface area contributed by atoms with Gasteiger partial charge in [-0.1, -0.05) is 15.9 Å². The number of benzene rings is 2. The van der Waals surface area contributed by atoms with Gasteiger partial charge in [-0.2, -0.15) is 0 Å². The fourth-order valence-electron chi connectivity index (χ4n) is 2.26. The van der Waals surface area contributed by atoms with Gasteiger partial charge in [0.2, 0.25) is 0 Å². The Bertz CT molecular complexity index is 764. The predicted octanol–water partition coefficient (Wildman–Crippen LogP) is 4.61. The van der Waals surface area contributed by atoms with Crippen LogP contribution in [0.4, 0.5) is 0 Å².